The summed E-state index contributed by atoms with van der Waals surface area (Å²) in [4.78, 5) is 2.53. The Hall–Kier alpha value is -0.120. The molecule has 2 N–H and O–H groups in total. The maximum Gasteiger partial charge on any atom is 0.0702 e. The van der Waals surface area contributed by atoms with Crippen molar-refractivity contribution in [3.05, 3.63) is 0 Å². The van der Waals surface area contributed by atoms with Crippen molar-refractivity contribution in [2.24, 2.45) is 11.1 Å². The molecule has 0 spiro atoms. The van der Waals surface area contributed by atoms with E-state index in [2.05, 4.69) is 25.8 Å². The molecule has 2 unspecified atom stereocenters. The number of ether oxygens (including phenoxy) is 1. The molecule has 2 atom stereocenters. The normalized spacial score (nSPS) is 35.0. The van der Waals surface area contributed by atoms with Crippen molar-refractivity contribution in [2.45, 2.75) is 76.9 Å². The molecule has 2 aliphatic rings. The number of likely N-dealkylation sites (N-methyl/N-ethyl adjacent to an activating group) is 1. The zero-order valence-electron chi connectivity index (χ0n) is 13.8. The van der Waals surface area contributed by atoms with Crippen LogP contribution in [0.25, 0.3) is 0 Å². The lowest BCUT2D eigenvalue weighted by atomic mass is 9.83. The molecular weight excluding hydrogens is 248 g/mol. The van der Waals surface area contributed by atoms with E-state index >= 15 is 0 Å². The second-order valence-corrected chi connectivity index (χ2v) is 7.82. The molecule has 0 amide bonds. The smallest absolute Gasteiger partial charge is 0.0702 e. The molecule has 3 heteroatoms. The highest BCUT2D eigenvalue weighted by molar-refractivity contribution is 4.95. The van der Waals surface area contributed by atoms with Gasteiger partial charge in [-0.3, -0.25) is 4.90 Å². The number of hydrogen-bond donors (Lipinski definition) is 1. The standard InChI is InChI=1S/C17H34N2O/c1-16(2)8-6-9-17(14-18,11-10-16)19(3)13-15-7-4-5-12-20-15/h15H,4-14,18H2,1-3H3. The van der Waals surface area contributed by atoms with Crippen LogP contribution in [0, 0.1) is 5.41 Å². The van der Waals surface area contributed by atoms with Crippen LogP contribution in [0.15, 0.2) is 0 Å². The Labute approximate surface area is 125 Å². The van der Waals surface area contributed by atoms with E-state index in [-0.39, 0.29) is 5.54 Å². The van der Waals surface area contributed by atoms with Crippen LogP contribution < -0.4 is 5.73 Å². The van der Waals surface area contributed by atoms with Gasteiger partial charge < -0.3 is 10.5 Å². The van der Waals surface area contributed by atoms with Crippen molar-refractivity contribution in [1.82, 2.24) is 4.90 Å². The lowest BCUT2D eigenvalue weighted by molar-refractivity contribution is -0.0258. The molecule has 0 bridgehead atoms. The van der Waals surface area contributed by atoms with Gasteiger partial charge in [0.05, 0.1) is 6.10 Å². The maximum absolute atomic E-state index is 6.22. The molecule has 0 radical (unpaired) electrons. The van der Waals surface area contributed by atoms with Gasteiger partial charge in [-0.05, 0) is 57.4 Å². The van der Waals surface area contributed by atoms with Crippen LogP contribution in [0.5, 0.6) is 0 Å². The lowest BCUT2D eigenvalue weighted by Crippen LogP contribution is -2.54. The maximum atomic E-state index is 6.22. The Morgan fingerprint density at radius 2 is 1.90 bits per heavy atom. The van der Waals surface area contributed by atoms with Crippen LogP contribution in [0.1, 0.15) is 65.2 Å². The van der Waals surface area contributed by atoms with E-state index in [4.69, 9.17) is 10.5 Å². The minimum atomic E-state index is 0.203. The van der Waals surface area contributed by atoms with Crippen molar-refractivity contribution in [1.29, 1.82) is 0 Å². The molecule has 2 rings (SSSR count). The Kier molecular flexibility index (Phi) is 5.49. The summed E-state index contributed by atoms with van der Waals surface area (Å²) in [5, 5.41) is 0. The third kappa shape index (κ3) is 3.96. The van der Waals surface area contributed by atoms with Gasteiger partial charge >= 0.3 is 0 Å². The summed E-state index contributed by atoms with van der Waals surface area (Å²) in [5.74, 6) is 0. The molecular formula is C17H34N2O. The minimum Gasteiger partial charge on any atom is -0.377 e. The Morgan fingerprint density at radius 1 is 1.10 bits per heavy atom. The first-order valence-corrected chi connectivity index (χ1v) is 8.50. The first kappa shape index (κ1) is 16.3. The third-order valence-electron chi connectivity index (χ3n) is 5.70. The highest BCUT2D eigenvalue weighted by Gasteiger charge is 2.38. The number of hydrogen-bond acceptors (Lipinski definition) is 3. The van der Waals surface area contributed by atoms with Crippen molar-refractivity contribution in [3.8, 4) is 0 Å². The zero-order valence-corrected chi connectivity index (χ0v) is 13.8. The summed E-state index contributed by atoms with van der Waals surface area (Å²) in [6.07, 6.45) is 10.6. The second kappa shape index (κ2) is 6.76. The van der Waals surface area contributed by atoms with Gasteiger partial charge in [-0.2, -0.15) is 0 Å². The fourth-order valence-corrected chi connectivity index (χ4v) is 3.91. The van der Waals surface area contributed by atoms with Gasteiger partial charge in [0.1, 0.15) is 0 Å². The Morgan fingerprint density at radius 3 is 2.55 bits per heavy atom. The van der Waals surface area contributed by atoms with Gasteiger partial charge in [-0.15, -0.1) is 0 Å². The molecule has 118 valence electrons. The average Bonchev–Trinajstić information content (AvgIpc) is 2.59. The van der Waals surface area contributed by atoms with Crippen LogP contribution in [-0.2, 0) is 4.74 Å². The van der Waals surface area contributed by atoms with E-state index in [9.17, 15) is 0 Å². The van der Waals surface area contributed by atoms with Crippen molar-refractivity contribution in [3.63, 3.8) is 0 Å². The molecule has 3 nitrogen and oxygen atoms in total. The highest BCUT2D eigenvalue weighted by Crippen LogP contribution is 2.40. The molecule has 0 aromatic rings. The average molecular weight is 282 g/mol. The third-order valence-corrected chi connectivity index (χ3v) is 5.70. The van der Waals surface area contributed by atoms with Gasteiger partial charge in [0.15, 0.2) is 0 Å². The van der Waals surface area contributed by atoms with Crippen LogP contribution >= 0.6 is 0 Å². The lowest BCUT2D eigenvalue weighted by Gasteiger charge is -2.43. The monoisotopic (exact) mass is 282 g/mol. The molecule has 20 heavy (non-hydrogen) atoms. The fraction of sp³-hybridized carbons (Fsp3) is 1.00. The van der Waals surface area contributed by atoms with Crippen LogP contribution in [-0.4, -0.2) is 43.3 Å². The summed E-state index contributed by atoms with van der Waals surface area (Å²) in [7, 11) is 2.27. The predicted octanol–water partition coefficient (Wildman–Crippen LogP) is 3.18. The molecule has 2 fully saturated rings. The topological polar surface area (TPSA) is 38.5 Å². The van der Waals surface area contributed by atoms with E-state index < -0.39 is 0 Å². The van der Waals surface area contributed by atoms with E-state index in [0.717, 1.165) is 19.7 Å². The summed E-state index contributed by atoms with van der Waals surface area (Å²) < 4.78 is 5.92. The largest absolute Gasteiger partial charge is 0.377 e. The fourth-order valence-electron chi connectivity index (χ4n) is 3.91. The molecule has 1 heterocycles. The van der Waals surface area contributed by atoms with Crippen LogP contribution in [0.2, 0.25) is 0 Å². The van der Waals surface area contributed by atoms with Gasteiger partial charge in [-0.25, -0.2) is 0 Å². The summed E-state index contributed by atoms with van der Waals surface area (Å²) in [6.45, 7) is 7.60. The van der Waals surface area contributed by atoms with Crippen molar-refractivity contribution in [2.75, 3.05) is 26.7 Å². The summed E-state index contributed by atoms with van der Waals surface area (Å²) in [6, 6.07) is 0. The number of rotatable bonds is 4. The quantitative estimate of drug-likeness (QED) is 0.805. The second-order valence-electron chi connectivity index (χ2n) is 7.82. The summed E-state index contributed by atoms with van der Waals surface area (Å²) >= 11 is 0. The molecule has 1 aliphatic heterocycles. The molecule has 1 saturated heterocycles. The van der Waals surface area contributed by atoms with Crippen molar-refractivity contribution >= 4 is 0 Å². The Bertz CT molecular complexity index is 299. The molecule has 0 aromatic heterocycles. The number of nitrogens with zero attached hydrogens (tertiary/aromatic N) is 1. The molecule has 1 aliphatic carbocycles. The van der Waals surface area contributed by atoms with E-state index in [1.807, 2.05) is 0 Å². The van der Waals surface area contributed by atoms with Crippen LogP contribution in [0.3, 0.4) is 0 Å². The van der Waals surface area contributed by atoms with Gasteiger partial charge in [0.2, 0.25) is 0 Å². The molecule has 0 aromatic carbocycles. The Balaban J connectivity index is 1.97. The zero-order chi connectivity index (χ0) is 14.6. The molecule has 1 saturated carbocycles. The predicted molar refractivity (Wildman–Crippen MR) is 84.9 cm³/mol. The van der Waals surface area contributed by atoms with Gasteiger partial charge in [0.25, 0.3) is 0 Å². The minimum absolute atomic E-state index is 0.203. The van der Waals surface area contributed by atoms with E-state index in [0.29, 0.717) is 11.5 Å². The van der Waals surface area contributed by atoms with Crippen molar-refractivity contribution < 1.29 is 4.74 Å². The first-order chi connectivity index (χ1) is 9.47. The summed E-state index contributed by atoms with van der Waals surface area (Å²) in [5.41, 5.74) is 6.91. The van der Waals surface area contributed by atoms with E-state index in [1.165, 1.54) is 51.4 Å². The first-order valence-electron chi connectivity index (χ1n) is 8.50. The SMILES string of the molecule is CN(CC1CCCCO1)C1(CN)CCCC(C)(C)CC1. The number of nitrogens with two attached hydrogens (primary N) is 1. The van der Waals surface area contributed by atoms with Gasteiger partial charge in [0, 0.05) is 25.2 Å². The van der Waals surface area contributed by atoms with Gasteiger partial charge in [-0.1, -0.05) is 20.3 Å². The van der Waals surface area contributed by atoms with Crippen LogP contribution in [0.4, 0.5) is 0 Å². The van der Waals surface area contributed by atoms with E-state index in [1.54, 1.807) is 0 Å². The highest BCUT2D eigenvalue weighted by atomic mass is 16.5.